The Labute approximate surface area is 149 Å². The lowest BCUT2D eigenvalue weighted by molar-refractivity contribution is 0.102. The van der Waals surface area contributed by atoms with E-state index in [1.54, 1.807) is 11.4 Å². The Morgan fingerprint density at radius 3 is 2.68 bits per heavy atom. The third kappa shape index (κ3) is 3.19. The summed E-state index contributed by atoms with van der Waals surface area (Å²) in [6, 6.07) is 18.3. The summed E-state index contributed by atoms with van der Waals surface area (Å²) in [7, 11) is 0. The molecule has 0 atom stereocenters. The van der Waals surface area contributed by atoms with Crippen molar-refractivity contribution in [2.45, 2.75) is 13.5 Å². The Bertz CT molecular complexity index is 1020. The second-order valence-electron chi connectivity index (χ2n) is 6.01. The van der Waals surface area contributed by atoms with Gasteiger partial charge >= 0.3 is 0 Å². The van der Waals surface area contributed by atoms with E-state index in [1.165, 1.54) is 22.7 Å². The minimum atomic E-state index is -0.181. The van der Waals surface area contributed by atoms with Crippen LogP contribution < -0.4 is 5.32 Å². The quantitative estimate of drug-likeness (QED) is 0.581. The largest absolute Gasteiger partial charge is 0.341 e. The lowest BCUT2D eigenvalue weighted by atomic mass is 10.1. The number of fused-ring (bicyclic) bond motifs is 1. The molecule has 4 nitrogen and oxygen atoms in total. The van der Waals surface area contributed by atoms with Crippen molar-refractivity contribution in [1.82, 2.24) is 8.94 Å². The molecule has 4 aromatic rings. The lowest BCUT2D eigenvalue weighted by Crippen LogP contribution is -2.11. The molecule has 1 N–H and O–H groups in total. The predicted octanol–water partition coefficient (Wildman–Crippen LogP) is 4.71. The van der Waals surface area contributed by atoms with Crippen LogP contribution in [0.25, 0.3) is 10.9 Å². The molecule has 0 radical (unpaired) electrons. The minimum Gasteiger partial charge on any atom is -0.341 e. The molecule has 2 aromatic carbocycles. The van der Waals surface area contributed by atoms with Gasteiger partial charge in [-0.05, 0) is 36.2 Å². The number of nitrogens with one attached hydrogen (secondary N) is 1. The second-order valence-corrected chi connectivity index (χ2v) is 6.68. The summed E-state index contributed by atoms with van der Waals surface area (Å²) >= 11 is 1.27. The fraction of sp³-hybridized carbons (Fsp3) is 0.100. The van der Waals surface area contributed by atoms with Crippen molar-refractivity contribution < 1.29 is 4.79 Å². The molecule has 2 aromatic heterocycles. The van der Waals surface area contributed by atoms with Gasteiger partial charge < -0.3 is 9.88 Å². The van der Waals surface area contributed by atoms with Gasteiger partial charge in [-0.25, -0.2) is 0 Å². The molecule has 0 aliphatic carbocycles. The van der Waals surface area contributed by atoms with Crippen molar-refractivity contribution in [2.24, 2.45) is 0 Å². The zero-order chi connectivity index (χ0) is 17.2. The van der Waals surface area contributed by atoms with Crippen LogP contribution in [0, 0.1) is 6.92 Å². The van der Waals surface area contributed by atoms with Crippen LogP contribution in [-0.4, -0.2) is 14.8 Å². The van der Waals surface area contributed by atoms with Crippen LogP contribution in [0.3, 0.4) is 0 Å². The van der Waals surface area contributed by atoms with Gasteiger partial charge in [0.1, 0.15) is 5.69 Å². The molecule has 0 fully saturated rings. The molecule has 5 heteroatoms. The Hall–Kier alpha value is -2.92. The number of aryl methyl sites for hydroxylation is 1. The number of aromatic nitrogens is 2. The maximum atomic E-state index is 12.3. The molecule has 1 amide bonds. The van der Waals surface area contributed by atoms with Crippen LogP contribution in [0.15, 0.2) is 66.2 Å². The van der Waals surface area contributed by atoms with E-state index in [1.807, 2.05) is 24.4 Å². The number of hydrogen-bond donors (Lipinski definition) is 1. The van der Waals surface area contributed by atoms with Gasteiger partial charge in [0.25, 0.3) is 5.91 Å². The number of carbonyl (C=O) groups is 1. The third-order valence-electron chi connectivity index (χ3n) is 4.18. The summed E-state index contributed by atoms with van der Waals surface area (Å²) in [4.78, 5) is 12.3. The van der Waals surface area contributed by atoms with Crippen molar-refractivity contribution in [2.75, 3.05) is 5.32 Å². The van der Waals surface area contributed by atoms with Crippen LogP contribution in [0.2, 0.25) is 0 Å². The minimum absolute atomic E-state index is 0.181. The summed E-state index contributed by atoms with van der Waals surface area (Å²) in [5, 5.41) is 5.81. The number of amides is 1. The number of nitrogens with zero attached hydrogens (tertiary/aromatic N) is 2. The number of rotatable bonds is 4. The van der Waals surface area contributed by atoms with Gasteiger partial charge in [-0.2, -0.15) is 4.37 Å². The number of carbonyl (C=O) groups excluding carboxylic acids is 1. The predicted molar refractivity (Wildman–Crippen MR) is 102 cm³/mol. The van der Waals surface area contributed by atoms with Crippen LogP contribution in [-0.2, 0) is 6.54 Å². The summed E-state index contributed by atoms with van der Waals surface area (Å²) in [6.07, 6.45) is 1.99. The second kappa shape index (κ2) is 6.53. The van der Waals surface area contributed by atoms with Gasteiger partial charge in [0.2, 0.25) is 0 Å². The molecule has 0 aliphatic rings. The Balaban J connectivity index is 1.68. The average Bonchev–Trinajstić information content (AvgIpc) is 3.27. The maximum Gasteiger partial charge on any atom is 0.275 e. The van der Waals surface area contributed by atoms with Gasteiger partial charge in [-0.3, -0.25) is 4.79 Å². The van der Waals surface area contributed by atoms with Crippen LogP contribution in [0.1, 0.15) is 21.6 Å². The van der Waals surface area contributed by atoms with Gasteiger partial charge in [0.15, 0.2) is 0 Å². The van der Waals surface area contributed by atoms with Crippen molar-refractivity contribution in [1.29, 1.82) is 0 Å². The molecular weight excluding hydrogens is 330 g/mol. The number of benzene rings is 2. The first-order chi connectivity index (χ1) is 12.2. The standard InChI is InChI=1S/C20H17N3OS/c1-14-6-8-15(9-7-14)12-23-13-18(16-4-2-3-5-19(16)23)21-20(24)17-10-11-25-22-17/h2-11,13H,12H2,1H3,(H,21,24). The summed E-state index contributed by atoms with van der Waals surface area (Å²) in [5.41, 5.74) is 4.82. The highest BCUT2D eigenvalue weighted by atomic mass is 32.1. The SMILES string of the molecule is Cc1ccc(Cn2cc(NC(=O)c3ccsn3)c3ccccc32)cc1. The molecule has 2 heterocycles. The smallest absolute Gasteiger partial charge is 0.275 e. The maximum absolute atomic E-state index is 12.3. The molecule has 124 valence electrons. The molecule has 0 saturated heterocycles. The first-order valence-corrected chi connectivity index (χ1v) is 8.89. The summed E-state index contributed by atoms with van der Waals surface area (Å²) in [6.45, 7) is 2.84. The molecule has 0 saturated carbocycles. The fourth-order valence-electron chi connectivity index (χ4n) is 2.88. The third-order valence-corrected chi connectivity index (χ3v) is 4.74. The van der Waals surface area contributed by atoms with E-state index in [0.717, 1.165) is 23.1 Å². The summed E-state index contributed by atoms with van der Waals surface area (Å²) < 4.78 is 6.26. The van der Waals surface area contributed by atoms with E-state index in [-0.39, 0.29) is 5.91 Å². The van der Waals surface area contributed by atoms with Crippen LogP contribution >= 0.6 is 11.5 Å². The molecule has 0 unspecified atom stereocenters. The van der Waals surface area contributed by atoms with E-state index in [4.69, 9.17) is 0 Å². The number of para-hydroxylation sites is 1. The molecule has 4 rings (SSSR count). The highest BCUT2D eigenvalue weighted by Gasteiger charge is 2.13. The highest BCUT2D eigenvalue weighted by Crippen LogP contribution is 2.27. The fourth-order valence-corrected chi connectivity index (χ4v) is 3.39. The van der Waals surface area contributed by atoms with Gasteiger partial charge in [0, 0.05) is 23.5 Å². The number of hydrogen-bond acceptors (Lipinski definition) is 3. The van der Waals surface area contributed by atoms with Crippen molar-refractivity contribution >= 4 is 34.0 Å². The van der Waals surface area contributed by atoms with Gasteiger partial charge in [0.05, 0.1) is 11.2 Å². The van der Waals surface area contributed by atoms with Crippen molar-refractivity contribution in [3.8, 4) is 0 Å². The van der Waals surface area contributed by atoms with Crippen LogP contribution in [0.4, 0.5) is 5.69 Å². The molecule has 0 bridgehead atoms. The molecule has 25 heavy (non-hydrogen) atoms. The van der Waals surface area contributed by atoms with E-state index >= 15 is 0 Å². The average molecular weight is 347 g/mol. The van der Waals surface area contributed by atoms with Crippen molar-refractivity contribution in [3.63, 3.8) is 0 Å². The van der Waals surface area contributed by atoms with Crippen LogP contribution in [0.5, 0.6) is 0 Å². The monoisotopic (exact) mass is 347 g/mol. The zero-order valence-electron chi connectivity index (χ0n) is 13.8. The van der Waals surface area contributed by atoms with E-state index < -0.39 is 0 Å². The molecule has 0 aliphatic heterocycles. The Kier molecular flexibility index (Phi) is 4.07. The Morgan fingerprint density at radius 2 is 1.92 bits per heavy atom. The number of anilines is 1. The Morgan fingerprint density at radius 1 is 1.12 bits per heavy atom. The van der Waals surface area contributed by atoms with E-state index in [9.17, 15) is 4.79 Å². The zero-order valence-corrected chi connectivity index (χ0v) is 14.6. The first-order valence-electron chi connectivity index (χ1n) is 8.06. The van der Waals surface area contributed by atoms with Crippen molar-refractivity contribution in [3.05, 3.63) is 83.0 Å². The molecule has 0 spiro atoms. The van der Waals surface area contributed by atoms with E-state index in [0.29, 0.717) is 5.69 Å². The normalized spacial score (nSPS) is 10.9. The lowest BCUT2D eigenvalue weighted by Gasteiger charge is -2.05. The first kappa shape index (κ1) is 15.6. The van der Waals surface area contributed by atoms with Gasteiger partial charge in [-0.15, -0.1) is 0 Å². The van der Waals surface area contributed by atoms with E-state index in [2.05, 4.69) is 51.5 Å². The van der Waals surface area contributed by atoms with Gasteiger partial charge in [-0.1, -0.05) is 48.0 Å². The topological polar surface area (TPSA) is 46.9 Å². The highest BCUT2D eigenvalue weighted by molar-refractivity contribution is 7.03. The molecular formula is C20H17N3OS. The summed E-state index contributed by atoms with van der Waals surface area (Å²) in [5.74, 6) is -0.181.